The third kappa shape index (κ3) is 2.92. The Morgan fingerprint density at radius 2 is 2.20 bits per heavy atom. The van der Waals surface area contributed by atoms with Gasteiger partial charge >= 0.3 is 0 Å². The molecule has 2 amide bonds. The van der Waals surface area contributed by atoms with Crippen molar-refractivity contribution in [1.29, 1.82) is 0 Å². The molecule has 0 fully saturated rings. The molecule has 1 rings (SSSR count). The molecular weight excluding hydrogens is 198 g/mol. The van der Waals surface area contributed by atoms with Crippen molar-refractivity contribution < 1.29 is 9.59 Å². The molecule has 7 nitrogen and oxygen atoms in total. The summed E-state index contributed by atoms with van der Waals surface area (Å²) in [6.07, 6.45) is 2.82. The molecule has 1 heterocycles. The normalized spacial score (nSPS) is 9.40. The molecule has 0 aliphatic rings. The summed E-state index contributed by atoms with van der Waals surface area (Å²) in [5.41, 5.74) is 7.90. The van der Waals surface area contributed by atoms with Gasteiger partial charge in [-0.15, -0.1) is 0 Å². The van der Waals surface area contributed by atoms with Crippen LogP contribution in [0.3, 0.4) is 0 Å². The maximum atomic E-state index is 11.5. The van der Waals surface area contributed by atoms with Gasteiger partial charge in [0.25, 0.3) is 5.91 Å². The molecule has 1 aromatic heterocycles. The van der Waals surface area contributed by atoms with E-state index in [2.05, 4.69) is 15.7 Å². The van der Waals surface area contributed by atoms with Gasteiger partial charge in [-0.1, -0.05) is 0 Å². The molecule has 0 radical (unpaired) electrons. The van der Waals surface area contributed by atoms with Gasteiger partial charge in [0.2, 0.25) is 5.91 Å². The summed E-state index contributed by atoms with van der Waals surface area (Å²) in [5, 5.41) is 2.32. The molecule has 1 aromatic rings. The highest BCUT2D eigenvalue weighted by molar-refractivity contribution is 6.00. The van der Waals surface area contributed by atoms with E-state index >= 15 is 0 Å². The second-order valence-electron chi connectivity index (χ2n) is 2.71. The lowest BCUT2D eigenvalue weighted by molar-refractivity contribution is -0.117. The molecule has 0 aliphatic heterocycles. The van der Waals surface area contributed by atoms with Crippen LogP contribution in [0.2, 0.25) is 0 Å². The summed E-state index contributed by atoms with van der Waals surface area (Å²) < 4.78 is 0. The Hall–Kier alpha value is -2.15. The molecule has 0 saturated heterocycles. The second-order valence-corrected chi connectivity index (χ2v) is 2.71. The van der Waals surface area contributed by atoms with E-state index in [1.165, 1.54) is 12.4 Å². The van der Waals surface area contributed by atoms with Crippen molar-refractivity contribution in [2.45, 2.75) is 0 Å². The first-order valence-electron chi connectivity index (χ1n) is 4.12. The smallest absolute Gasteiger partial charge is 0.255 e. The second kappa shape index (κ2) is 4.91. The number of hydrogen-bond acceptors (Lipinski definition) is 5. The Balaban J connectivity index is 2.77. The van der Waals surface area contributed by atoms with Crippen molar-refractivity contribution >= 4 is 17.5 Å². The van der Waals surface area contributed by atoms with Gasteiger partial charge < -0.3 is 16.5 Å². The van der Waals surface area contributed by atoms with Gasteiger partial charge in [-0.2, -0.15) is 0 Å². The number of nitrogen functional groups attached to an aromatic ring is 1. The van der Waals surface area contributed by atoms with E-state index < -0.39 is 11.8 Å². The summed E-state index contributed by atoms with van der Waals surface area (Å²) in [4.78, 5) is 25.7. The van der Waals surface area contributed by atoms with Gasteiger partial charge in [-0.25, -0.2) is 0 Å². The molecule has 0 atom stereocenters. The Kier molecular flexibility index (Phi) is 3.58. The fraction of sp³-hybridized carbons (Fsp3) is 0.125. The summed E-state index contributed by atoms with van der Waals surface area (Å²) >= 11 is 0. The number of anilines is 1. The lowest BCUT2D eigenvalue weighted by atomic mass is 10.2. The number of hydrazine groups is 1. The summed E-state index contributed by atoms with van der Waals surface area (Å²) in [7, 11) is 0. The van der Waals surface area contributed by atoms with Gasteiger partial charge in [0.15, 0.2) is 0 Å². The maximum absolute atomic E-state index is 11.5. The standard InChI is InChI=1S/C8H11N5O2/c9-7(14)4-12-8(15)5-3-11-2-1-6(5)13-10/h1-3H,4,10H2,(H2,9,14)(H,11,13)(H,12,15). The first kappa shape index (κ1) is 10.9. The van der Waals surface area contributed by atoms with Crippen molar-refractivity contribution in [2.75, 3.05) is 12.0 Å². The molecule has 0 aromatic carbocycles. The number of carbonyl (C=O) groups excluding carboxylic acids is 2. The number of rotatable bonds is 4. The van der Waals surface area contributed by atoms with Crippen molar-refractivity contribution in [3.05, 3.63) is 24.0 Å². The van der Waals surface area contributed by atoms with Crippen LogP contribution in [0.15, 0.2) is 18.5 Å². The Morgan fingerprint density at radius 3 is 2.80 bits per heavy atom. The number of aromatic nitrogens is 1. The Bertz CT molecular complexity index is 379. The zero-order valence-electron chi connectivity index (χ0n) is 7.86. The third-order valence-corrected chi connectivity index (χ3v) is 1.64. The van der Waals surface area contributed by atoms with Crippen LogP contribution in [0.5, 0.6) is 0 Å². The number of primary amides is 1. The Labute approximate surface area is 85.8 Å². The van der Waals surface area contributed by atoms with E-state index in [1.54, 1.807) is 6.07 Å². The highest BCUT2D eigenvalue weighted by Crippen LogP contribution is 2.10. The van der Waals surface area contributed by atoms with Gasteiger partial charge in [0.05, 0.1) is 17.8 Å². The predicted octanol–water partition coefficient (Wildman–Crippen LogP) is -1.42. The first-order valence-corrected chi connectivity index (χ1v) is 4.12. The van der Waals surface area contributed by atoms with Crippen LogP contribution in [-0.4, -0.2) is 23.3 Å². The third-order valence-electron chi connectivity index (χ3n) is 1.64. The topological polar surface area (TPSA) is 123 Å². The van der Waals surface area contributed by atoms with Gasteiger partial charge in [-0.3, -0.25) is 20.4 Å². The van der Waals surface area contributed by atoms with E-state index in [4.69, 9.17) is 11.6 Å². The highest BCUT2D eigenvalue weighted by atomic mass is 16.2. The van der Waals surface area contributed by atoms with Crippen molar-refractivity contribution in [3.8, 4) is 0 Å². The number of amides is 2. The number of pyridine rings is 1. The number of nitrogens with two attached hydrogens (primary N) is 2. The quantitative estimate of drug-likeness (QED) is 0.358. The number of carbonyl (C=O) groups is 2. The minimum Gasteiger partial charge on any atom is -0.368 e. The molecule has 0 unspecified atom stereocenters. The largest absolute Gasteiger partial charge is 0.368 e. The maximum Gasteiger partial charge on any atom is 0.255 e. The lowest BCUT2D eigenvalue weighted by Gasteiger charge is -2.07. The average molecular weight is 209 g/mol. The Morgan fingerprint density at radius 1 is 1.47 bits per heavy atom. The number of nitrogens with zero attached hydrogens (tertiary/aromatic N) is 1. The minimum absolute atomic E-state index is 0.224. The van der Waals surface area contributed by atoms with Crippen LogP contribution in [0.4, 0.5) is 5.69 Å². The van der Waals surface area contributed by atoms with Crippen LogP contribution in [-0.2, 0) is 4.79 Å². The van der Waals surface area contributed by atoms with Gasteiger partial charge in [0.1, 0.15) is 0 Å². The van der Waals surface area contributed by atoms with E-state index in [9.17, 15) is 9.59 Å². The highest BCUT2D eigenvalue weighted by Gasteiger charge is 2.10. The molecule has 0 saturated carbocycles. The molecular formula is C8H11N5O2. The van der Waals surface area contributed by atoms with Crippen molar-refractivity contribution in [3.63, 3.8) is 0 Å². The first-order chi connectivity index (χ1) is 7.15. The van der Waals surface area contributed by atoms with E-state index in [-0.39, 0.29) is 12.1 Å². The molecule has 0 aliphatic carbocycles. The van der Waals surface area contributed by atoms with Crippen molar-refractivity contribution in [2.24, 2.45) is 11.6 Å². The van der Waals surface area contributed by atoms with Crippen LogP contribution < -0.4 is 22.3 Å². The lowest BCUT2D eigenvalue weighted by Crippen LogP contribution is -2.33. The fourth-order valence-corrected chi connectivity index (χ4v) is 0.964. The van der Waals surface area contributed by atoms with E-state index in [1.807, 2.05) is 0 Å². The zero-order chi connectivity index (χ0) is 11.3. The SMILES string of the molecule is NNc1ccncc1C(=O)NCC(N)=O. The van der Waals surface area contributed by atoms with E-state index in [0.29, 0.717) is 5.69 Å². The van der Waals surface area contributed by atoms with Crippen LogP contribution in [0.25, 0.3) is 0 Å². The van der Waals surface area contributed by atoms with E-state index in [0.717, 1.165) is 0 Å². The minimum atomic E-state index is -0.616. The van der Waals surface area contributed by atoms with Crippen LogP contribution in [0, 0.1) is 0 Å². The fourth-order valence-electron chi connectivity index (χ4n) is 0.964. The number of hydrogen-bond donors (Lipinski definition) is 4. The molecule has 80 valence electrons. The predicted molar refractivity (Wildman–Crippen MR) is 53.6 cm³/mol. The summed E-state index contributed by atoms with van der Waals surface area (Å²) in [6.45, 7) is -0.224. The monoisotopic (exact) mass is 209 g/mol. The van der Waals surface area contributed by atoms with Crippen LogP contribution in [0.1, 0.15) is 10.4 Å². The number of nitrogens with one attached hydrogen (secondary N) is 2. The van der Waals surface area contributed by atoms with Crippen LogP contribution >= 0.6 is 0 Å². The molecule has 15 heavy (non-hydrogen) atoms. The average Bonchev–Trinajstić information content (AvgIpc) is 2.25. The molecule has 0 bridgehead atoms. The van der Waals surface area contributed by atoms with Gasteiger partial charge in [-0.05, 0) is 6.07 Å². The molecule has 0 spiro atoms. The molecule has 7 heteroatoms. The summed E-state index contributed by atoms with van der Waals surface area (Å²) in [5.74, 6) is 4.12. The molecule has 6 N–H and O–H groups in total. The van der Waals surface area contributed by atoms with Crippen molar-refractivity contribution in [1.82, 2.24) is 10.3 Å². The summed E-state index contributed by atoms with van der Waals surface area (Å²) in [6, 6.07) is 1.54. The van der Waals surface area contributed by atoms with Gasteiger partial charge in [0, 0.05) is 12.4 Å². The zero-order valence-corrected chi connectivity index (χ0v) is 7.86.